The van der Waals surface area contributed by atoms with Crippen LogP contribution in [0.4, 0.5) is 0 Å². The Balaban J connectivity index is 1.38. The number of rotatable bonds is 4. The van der Waals surface area contributed by atoms with Crippen molar-refractivity contribution in [1.29, 1.82) is 0 Å². The third-order valence-corrected chi connectivity index (χ3v) is 7.88. The molecule has 0 aromatic carbocycles. The Hall–Kier alpha value is -0.160. The lowest BCUT2D eigenvalue weighted by molar-refractivity contribution is -0.470. The summed E-state index contributed by atoms with van der Waals surface area (Å²) in [5.41, 5.74) is 5.86. The number of fused-ring (bicyclic) bond motifs is 1. The first kappa shape index (κ1) is 14.2. The summed E-state index contributed by atoms with van der Waals surface area (Å²) in [6.07, 6.45) is 10.8. The molecule has 6 saturated carbocycles. The molecule has 0 radical (unpaired) electrons. The molecule has 4 nitrogen and oxygen atoms in total. The second-order valence-electron chi connectivity index (χ2n) is 9.06. The van der Waals surface area contributed by atoms with E-state index in [-0.39, 0.29) is 5.60 Å². The van der Waals surface area contributed by atoms with E-state index in [1.165, 1.54) is 44.9 Å². The molecule has 1 unspecified atom stereocenters. The van der Waals surface area contributed by atoms with E-state index in [0.717, 1.165) is 31.2 Å². The predicted molar refractivity (Wildman–Crippen MR) is 81.8 cm³/mol. The van der Waals surface area contributed by atoms with Crippen LogP contribution in [0.1, 0.15) is 57.8 Å². The minimum atomic E-state index is -0.683. The molecule has 6 aliphatic carbocycles. The topological polar surface area (TPSA) is 64.7 Å². The van der Waals surface area contributed by atoms with Crippen LogP contribution in [0.15, 0.2) is 0 Å². The Morgan fingerprint density at radius 3 is 2.18 bits per heavy atom. The smallest absolute Gasteiger partial charge is 0.207 e. The molecule has 4 bridgehead atoms. The molecule has 3 N–H and O–H groups in total. The molecule has 0 aromatic heterocycles. The fourth-order valence-electron chi connectivity index (χ4n) is 6.81. The van der Waals surface area contributed by atoms with Crippen LogP contribution in [-0.2, 0) is 9.62 Å². The summed E-state index contributed by atoms with van der Waals surface area (Å²) >= 11 is 0. The molecule has 6 aliphatic rings. The number of hydrogen-bond acceptors (Lipinski definition) is 4. The van der Waals surface area contributed by atoms with Crippen LogP contribution < -0.4 is 5.73 Å². The van der Waals surface area contributed by atoms with Gasteiger partial charge in [0.25, 0.3) is 0 Å². The van der Waals surface area contributed by atoms with Crippen molar-refractivity contribution < 1.29 is 14.9 Å². The van der Waals surface area contributed by atoms with Gasteiger partial charge in [0.05, 0.1) is 5.60 Å². The van der Waals surface area contributed by atoms with Crippen LogP contribution >= 0.6 is 0 Å². The maximum Gasteiger partial charge on any atom is 0.207 e. The van der Waals surface area contributed by atoms with Gasteiger partial charge in [0.2, 0.25) is 5.79 Å². The number of ether oxygens (including phenoxy) is 1. The van der Waals surface area contributed by atoms with Crippen LogP contribution in [-0.4, -0.2) is 23.2 Å². The van der Waals surface area contributed by atoms with Crippen LogP contribution in [0.3, 0.4) is 0 Å². The fraction of sp³-hybridized carbons (Fsp3) is 1.00. The lowest BCUT2D eigenvalue weighted by atomic mass is 9.53. The van der Waals surface area contributed by atoms with E-state index in [9.17, 15) is 5.26 Å². The van der Waals surface area contributed by atoms with Crippen LogP contribution in [0.5, 0.6) is 0 Å². The lowest BCUT2D eigenvalue weighted by Gasteiger charge is -2.59. The van der Waals surface area contributed by atoms with E-state index in [1.54, 1.807) is 0 Å². The van der Waals surface area contributed by atoms with Crippen LogP contribution in [0, 0.1) is 35.5 Å². The minimum absolute atomic E-state index is 0.00374. The van der Waals surface area contributed by atoms with Crippen molar-refractivity contribution in [3.05, 3.63) is 0 Å². The second-order valence-corrected chi connectivity index (χ2v) is 9.06. The molecule has 0 spiro atoms. The lowest BCUT2D eigenvalue weighted by Crippen LogP contribution is -2.61. The van der Waals surface area contributed by atoms with Crippen molar-refractivity contribution in [3.8, 4) is 0 Å². The molecular weight excluding hydrogens is 278 g/mol. The molecule has 0 amide bonds. The summed E-state index contributed by atoms with van der Waals surface area (Å²) < 4.78 is 6.75. The van der Waals surface area contributed by atoms with Gasteiger partial charge in [-0.2, -0.15) is 0 Å². The first-order valence-electron chi connectivity index (χ1n) is 9.40. The molecular formula is C18H29NO3. The average Bonchev–Trinajstić information content (AvgIpc) is 3.23. The first-order chi connectivity index (χ1) is 10.7. The fourth-order valence-corrected chi connectivity index (χ4v) is 6.81. The van der Waals surface area contributed by atoms with Crippen molar-refractivity contribution in [1.82, 2.24) is 0 Å². The van der Waals surface area contributed by atoms with Crippen molar-refractivity contribution in [2.75, 3.05) is 6.54 Å². The highest BCUT2D eigenvalue weighted by Crippen LogP contribution is 2.65. The molecule has 124 valence electrons. The maximum atomic E-state index is 9.87. The van der Waals surface area contributed by atoms with Gasteiger partial charge in [0.15, 0.2) is 0 Å². The molecule has 22 heavy (non-hydrogen) atoms. The summed E-state index contributed by atoms with van der Waals surface area (Å²) in [5.74, 6) is 3.18. The summed E-state index contributed by atoms with van der Waals surface area (Å²) in [7, 11) is 0. The van der Waals surface area contributed by atoms with Crippen LogP contribution in [0.2, 0.25) is 0 Å². The van der Waals surface area contributed by atoms with Gasteiger partial charge in [0, 0.05) is 11.8 Å². The Labute approximate surface area is 132 Å². The Morgan fingerprint density at radius 1 is 0.955 bits per heavy atom. The normalized spacial score (nSPS) is 58.6. The molecule has 0 saturated heterocycles. The molecule has 3 atom stereocenters. The van der Waals surface area contributed by atoms with Gasteiger partial charge in [-0.1, -0.05) is 0 Å². The van der Waals surface area contributed by atoms with Crippen molar-refractivity contribution in [2.24, 2.45) is 41.2 Å². The minimum Gasteiger partial charge on any atom is -0.340 e. The monoisotopic (exact) mass is 307 g/mol. The highest BCUT2D eigenvalue weighted by atomic mass is 17.1. The van der Waals surface area contributed by atoms with E-state index in [2.05, 4.69) is 0 Å². The predicted octanol–water partition coefficient (Wildman–Crippen LogP) is 3.16. The molecule has 0 heterocycles. The summed E-state index contributed by atoms with van der Waals surface area (Å²) in [6, 6.07) is 0. The maximum absolute atomic E-state index is 9.87. The molecule has 6 fully saturated rings. The standard InChI is InChI=1S/C18H29NO3/c19-10-11-1-2-17(9-16(17)4-11)21-18(22-20)14-5-12-3-13(7-14)8-15(18)6-12/h11-16,20H,1-10,19H2/t11-,12?,13?,14?,15?,16?,17+,18?/m1/s1. The van der Waals surface area contributed by atoms with Gasteiger partial charge in [-0.3, -0.25) is 0 Å². The Bertz CT molecular complexity index is 439. The van der Waals surface area contributed by atoms with Crippen LogP contribution in [0.25, 0.3) is 0 Å². The Kier molecular flexibility index (Phi) is 3.03. The van der Waals surface area contributed by atoms with E-state index in [1.807, 2.05) is 0 Å². The Morgan fingerprint density at radius 2 is 1.64 bits per heavy atom. The van der Waals surface area contributed by atoms with Gasteiger partial charge < -0.3 is 10.5 Å². The number of nitrogens with two attached hydrogens (primary N) is 1. The van der Waals surface area contributed by atoms with Gasteiger partial charge >= 0.3 is 0 Å². The molecule has 0 aromatic rings. The largest absolute Gasteiger partial charge is 0.340 e. The van der Waals surface area contributed by atoms with Gasteiger partial charge in [-0.05, 0) is 88.0 Å². The van der Waals surface area contributed by atoms with E-state index in [4.69, 9.17) is 15.4 Å². The highest BCUT2D eigenvalue weighted by molar-refractivity contribution is 5.12. The molecule has 6 rings (SSSR count). The molecule has 0 aliphatic heterocycles. The summed E-state index contributed by atoms with van der Waals surface area (Å²) in [6.45, 7) is 0.808. The zero-order valence-corrected chi connectivity index (χ0v) is 13.4. The SMILES string of the molecule is NC[C@@H]1CC[C@]2(OC3(OO)C4CC5CC(C4)CC3C5)CC2C1. The van der Waals surface area contributed by atoms with Crippen molar-refractivity contribution in [2.45, 2.75) is 69.2 Å². The number of hydrogen-bond donors (Lipinski definition) is 2. The summed E-state index contributed by atoms with van der Waals surface area (Å²) in [5, 5.41) is 9.87. The van der Waals surface area contributed by atoms with Gasteiger partial charge in [-0.25, -0.2) is 10.1 Å². The van der Waals surface area contributed by atoms with E-state index in [0.29, 0.717) is 23.7 Å². The molecule has 4 heteroatoms. The third kappa shape index (κ3) is 1.84. The zero-order chi connectivity index (χ0) is 14.9. The second kappa shape index (κ2) is 4.69. The van der Waals surface area contributed by atoms with E-state index < -0.39 is 5.79 Å². The van der Waals surface area contributed by atoms with Gasteiger partial charge in [-0.15, -0.1) is 0 Å². The van der Waals surface area contributed by atoms with Crippen molar-refractivity contribution in [3.63, 3.8) is 0 Å². The average molecular weight is 307 g/mol. The highest BCUT2D eigenvalue weighted by Gasteiger charge is 2.67. The third-order valence-electron chi connectivity index (χ3n) is 7.88. The van der Waals surface area contributed by atoms with Gasteiger partial charge in [0.1, 0.15) is 0 Å². The first-order valence-corrected chi connectivity index (χ1v) is 9.40. The summed E-state index contributed by atoms with van der Waals surface area (Å²) in [4.78, 5) is 5.22. The quantitative estimate of drug-likeness (QED) is 0.476. The zero-order valence-electron chi connectivity index (χ0n) is 13.4. The van der Waals surface area contributed by atoms with Crippen molar-refractivity contribution >= 4 is 0 Å². The van der Waals surface area contributed by atoms with E-state index >= 15 is 0 Å².